The number of rotatable bonds is 7. The van der Waals surface area contributed by atoms with Crippen molar-refractivity contribution in [3.05, 3.63) is 77.7 Å². The van der Waals surface area contributed by atoms with Crippen LogP contribution in [0.15, 0.2) is 70.0 Å². The molecule has 1 amide bonds. The second kappa shape index (κ2) is 8.11. The van der Waals surface area contributed by atoms with Gasteiger partial charge in [-0.3, -0.25) is 4.79 Å². The summed E-state index contributed by atoms with van der Waals surface area (Å²) < 4.78 is 41.3. The van der Waals surface area contributed by atoms with E-state index in [4.69, 9.17) is 13.9 Å². The highest BCUT2D eigenvalue weighted by molar-refractivity contribution is 7.90. The first-order chi connectivity index (χ1) is 14.7. The van der Waals surface area contributed by atoms with Crippen LogP contribution in [0.25, 0.3) is 0 Å². The monoisotopic (exact) mass is 441 g/mol. The Hall–Kier alpha value is -3.26. The van der Waals surface area contributed by atoms with Crippen LogP contribution in [0, 0.1) is 0 Å². The van der Waals surface area contributed by atoms with E-state index in [-0.39, 0.29) is 34.4 Å². The zero-order chi connectivity index (χ0) is 22.1. The van der Waals surface area contributed by atoms with E-state index in [0.717, 1.165) is 5.56 Å². The van der Waals surface area contributed by atoms with Gasteiger partial charge in [0.15, 0.2) is 27.1 Å². The van der Waals surface area contributed by atoms with Gasteiger partial charge in [0, 0.05) is 12.0 Å². The summed E-state index contributed by atoms with van der Waals surface area (Å²) in [7, 11) is -3.55. The molecule has 4 rings (SSSR count). The van der Waals surface area contributed by atoms with Crippen LogP contribution in [0.1, 0.15) is 35.7 Å². The van der Waals surface area contributed by atoms with Gasteiger partial charge < -0.3 is 19.2 Å². The number of benzene rings is 2. The Labute approximate surface area is 180 Å². The smallest absolute Gasteiger partial charge is 0.287 e. The van der Waals surface area contributed by atoms with Crippen molar-refractivity contribution in [2.75, 3.05) is 13.3 Å². The number of fused-ring (bicyclic) bond motifs is 1. The maximum absolute atomic E-state index is 12.6. The van der Waals surface area contributed by atoms with Crippen LogP contribution in [-0.4, -0.2) is 27.7 Å². The maximum Gasteiger partial charge on any atom is 0.287 e. The molecule has 3 aromatic rings. The summed E-state index contributed by atoms with van der Waals surface area (Å²) in [6.07, 6.45) is 0. The summed E-state index contributed by atoms with van der Waals surface area (Å²) in [5.74, 6) is 0.956. The van der Waals surface area contributed by atoms with Gasteiger partial charge in [-0.2, -0.15) is 0 Å². The first-order valence-corrected chi connectivity index (χ1v) is 11.4. The Morgan fingerprint density at radius 1 is 1.00 bits per heavy atom. The van der Waals surface area contributed by atoms with Crippen molar-refractivity contribution in [3.8, 4) is 11.5 Å². The second-order valence-electron chi connectivity index (χ2n) is 7.97. The molecule has 0 unspecified atom stereocenters. The molecule has 2 heterocycles. The average Bonchev–Trinajstić information content (AvgIpc) is 3.41. The van der Waals surface area contributed by atoms with Gasteiger partial charge in [0.05, 0.1) is 4.90 Å². The average molecular weight is 442 g/mol. The third-order valence-electron chi connectivity index (χ3n) is 5.16. The molecular formula is C23H23NO6S. The number of carbonyl (C=O) groups is 1. The Kier molecular flexibility index (Phi) is 5.49. The highest BCUT2D eigenvalue weighted by Gasteiger charge is 2.26. The maximum atomic E-state index is 12.6. The van der Waals surface area contributed by atoms with E-state index < -0.39 is 15.7 Å². The summed E-state index contributed by atoms with van der Waals surface area (Å²) in [6, 6.07) is 16.8. The van der Waals surface area contributed by atoms with Crippen LogP contribution >= 0.6 is 0 Å². The summed E-state index contributed by atoms with van der Waals surface area (Å²) in [4.78, 5) is 12.8. The Bertz CT molecular complexity index is 1200. The van der Waals surface area contributed by atoms with Crippen molar-refractivity contribution < 1.29 is 27.1 Å². The van der Waals surface area contributed by atoms with Gasteiger partial charge in [-0.15, -0.1) is 0 Å². The molecule has 0 saturated carbocycles. The van der Waals surface area contributed by atoms with E-state index >= 15 is 0 Å². The number of carbonyl (C=O) groups excluding carboxylic acids is 1. The molecule has 1 N–H and O–H groups in total. The van der Waals surface area contributed by atoms with Gasteiger partial charge in [0.25, 0.3) is 5.91 Å². The number of ether oxygens (including phenoxy) is 2. The minimum absolute atomic E-state index is 0.0692. The topological polar surface area (TPSA) is 94.8 Å². The fraction of sp³-hybridized carbons (Fsp3) is 0.261. The highest BCUT2D eigenvalue weighted by atomic mass is 32.2. The van der Waals surface area contributed by atoms with Crippen molar-refractivity contribution >= 4 is 15.7 Å². The number of hydrogen-bond donors (Lipinski definition) is 1. The third kappa shape index (κ3) is 4.59. The van der Waals surface area contributed by atoms with E-state index in [9.17, 15) is 13.2 Å². The lowest BCUT2D eigenvalue weighted by Gasteiger charge is -2.25. The predicted octanol–water partition coefficient (Wildman–Crippen LogP) is 3.69. The van der Waals surface area contributed by atoms with E-state index in [1.54, 1.807) is 18.2 Å². The van der Waals surface area contributed by atoms with Gasteiger partial charge >= 0.3 is 0 Å². The number of nitrogens with one attached hydrogen (secondary N) is 1. The third-order valence-corrected chi connectivity index (χ3v) is 6.82. The lowest BCUT2D eigenvalue weighted by atomic mass is 9.84. The first kappa shape index (κ1) is 21.0. The normalized spacial score (nSPS) is 13.2. The number of sulfone groups is 1. The van der Waals surface area contributed by atoms with Crippen LogP contribution in [0.3, 0.4) is 0 Å². The van der Waals surface area contributed by atoms with E-state index in [1.807, 2.05) is 32.0 Å². The molecule has 7 nitrogen and oxygen atoms in total. The van der Waals surface area contributed by atoms with E-state index in [2.05, 4.69) is 5.32 Å². The molecule has 0 saturated heterocycles. The van der Waals surface area contributed by atoms with Gasteiger partial charge in [-0.1, -0.05) is 38.1 Å². The van der Waals surface area contributed by atoms with Crippen molar-refractivity contribution in [1.29, 1.82) is 0 Å². The lowest BCUT2D eigenvalue weighted by Crippen LogP contribution is -2.36. The van der Waals surface area contributed by atoms with Gasteiger partial charge in [-0.05, 0) is 42.0 Å². The molecule has 0 radical (unpaired) electrons. The van der Waals surface area contributed by atoms with Crippen LogP contribution in [0.5, 0.6) is 11.5 Å². The summed E-state index contributed by atoms with van der Waals surface area (Å²) in [5.41, 5.74) is 0.619. The molecule has 0 bridgehead atoms. The van der Waals surface area contributed by atoms with Gasteiger partial charge in [0.2, 0.25) is 6.79 Å². The molecule has 1 aliphatic rings. The summed E-state index contributed by atoms with van der Waals surface area (Å²) in [5, 5.41) is 2.86. The van der Waals surface area contributed by atoms with Crippen LogP contribution < -0.4 is 14.8 Å². The van der Waals surface area contributed by atoms with Crippen molar-refractivity contribution in [1.82, 2.24) is 5.32 Å². The number of furan rings is 1. The zero-order valence-corrected chi connectivity index (χ0v) is 18.1. The zero-order valence-electron chi connectivity index (χ0n) is 17.3. The molecule has 0 aliphatic carbocycles. The molecule has 2 aromatic carbocycles. The van der Waals surface area contributed by atoms with Crippen molar-refractivity contribution in [2.24, 2.45) is 0 Å². The molecule has 31 heavy (non-hydrogen) atoms. The molecule has 0 fully saturated rings. The molecular weight excluding hydrogens is 418 g/mol. The van der Waals surface area contributed by atoms with Crippen LogP contribution in [-0.2, 0) is 21.0 Å². The molecule has 0 spiro atoms. The van der Waals surface area contributed by atoms with Gasteiger partial charge in [0.1, 0.15) is 11.5 Å². The van der Waals surface area contributed by atoms with E-state index in [0.29, 0.717) is 18.0 Å². The standard InChI is InChI=1S/C23H23NO6S/c1-23(2,16-8-10-19-21(12-16)29-15-28-19)14-24-22(25)20-11-9-17(30-20)13-31(26,27)18-6-4-3-5-7-18/h3-12H,13-15H2,1-2H3,(H,24,25). The molecule has 162 valence electrons. The molecule has 8 heteroatoms. The van der Waals surface area contributed by atoms with Crippen LogP contribution in [0.4, 0.5) is 0 Å². The quantitative estimate of drug-likeness (QED) is 0.601. The Morgan fingerprint density at radius 2 is 1.74 bits per heavy atom. The molecule has 1 aromatic heterocycles. The minimum Gasteiger partial charge on any atom is -0.455 e. The Balaban J connectivity index is 1.40. The Morgan fingerprint density at radius 3 is 2.52 bits per heavy atom. The fourth-order valence-electron chi connectivity index (χ4n) is 3.28. The summed E-state index contributed by atoms with van der Waals surface area (Å²) >= 11 is 0. The van der Waals surface area contributed by atoms with Gasteiger partial charge in [-0.25, -0.2) is 8.42 Å². The SMILES string of the molecule is CC(C)(CNC(=O)c1ccc(CS(=O)(=O)c2ccccc2)o1)c1ccc2c(c1)OCO2. The summed E-state index contributed by atoms with van der Waals surface area (Å²) in [6.45, 7) is 4.57. The lowest BCUT2D eigenvalue weighted by molar-refractivity contribution is 0.0916. The number of amides is 1. The van der Waals surface area contributed by atoms with E-state index in [1.165, 1.54) is 24.3 Å². The highest BCUT2D eigenvalue weighted by Crippen LogP contribution is 2.36. The van der Waals surface area contributed by atoms with Crippen molar-refractivity contribution in [2.45, 2.75) is 29.9 Å². The van der Waals surface area contributed by atoms with Crippen molar-refractivity contribution in [3.63, 3.8) is 0 Å². The first-order valence-electron chi connectivity index (χ1n) is 9.79. The second-order valence-corrected chi connectivity index (χ2v) is 9.96. The largest absolute Gasteiger partial charge is 0.455 e. The molecule has 0 atom stereocenters. The number of hydrogen-bond acceptors (Lipinski definition) is 6. The molecule has 1 aliphatic heterocycles. The minimum atomic E-state index is -3.55. The fourth-order valence-corrected chi connectivity index (χ4v) is 4.55. The van der Waals surface area contributed by atoms with Crippen LogP contribution in [0.2, 0.25) is 0 Å². The predicted molar refractivity (Wildman–Crippen MR) is 114 cm³/mol.